The van der Waals surface area contributed by atoms with Crippen LogP contribution in [0.4, 0.5) is 0 Å². The van der Waals surface area contributed by atoms with Crippen LogP contribution in [0.1, 0.15) is 53.4 Å². The molecule has 0 amide bonds. The standard InChI is InChI=1S/C14H29NS/c1-6-14(3,4)11-8-9-12(15-7-2)13(10-11)16-5/h11-13,15H,6-10H2,1-5H3. The Morgan fingerprint density at radius 3 is 2.44 bits per heavy atom. The minimum absolute atomic E-state index is 0.533. The monoisotopic (exact) mass is 243 g/mol. The van der Waals surface area contributed by atoms with Gasteiger partial charge in [0.1, 0.15) is 0 Å². The van der Waals surface area contributed by atoms with Gasteiger partial charge in [-0.3, -0.25) is 0 Å². The molecule has 1 saturated carbocycles. The number of nitrogens with one attached hydrogen (secondary N) is 1. The van der Waals surface area contributed by atoms with E-state index in [9.17, 15) is 0 Å². The lowest BCUT2D eigenvalue weighted by Gasteiger charge is -2.42. The van der Waals surface area contributed by atoms with E-state index in [-0.39, 0.29) is 0 Å². The van der Waals surface area contributed by atoms with Crippen molar-refractivity contribution in [2.45, 2.75) is 64.7 Å². The maximum atomic E-state index is 3.65. The van der Waals surface area contributed by atoms with E-state index in [0.29, 0.717) is 5.41 Å². The molecule has 0 bridgehead atoms. The fourth-order valence-corrected chi connectivity index (χ4v) is 3.87. The van der Waals surface area contributed by atoms with Gasteiger partial charge in [0.2, 0.25) is 0 Å². The molecule has 2 heteroatoms. The average Bonchev–Trinajstić information content (AvgIpc) is 2.29. The fraction of sp³-hybridized carbons (Fsp3) is 1.00. The quantitative estimate of drug-likeness (QED) is 0.785. The Morgan fingerprint density at radius 2 is 1.94 bits per heavy atom. The van der Waals surface area contributed by atoms with Gasteiger partial charge >= 0.3 is 0 Å². The van der Waals surface area contributed by atoms with Crippen LogP contribution < -0.4 is 5.32 Å². The van der Waals surface area contributed by atoms with Gasteiger partial charge in [0.15, 0.2) is 0 Å². The zero-order valence-electron chi connectivity index (χ0n) is 11.7. The lowest BCUT2D eigenvalue weighted by atomic mass is 9.68. The zero-order valence-corrected chi connectivity index (χ0v) is 12.5. The van der Waals surface area contributed by atoms with Crippen LogP contribution in [0.2, 0.25) is 0 Å². The van der Waals surface area contributed by atoms with Crippen LogP contribution in [0.25, 0.3) is 0 Å². The molecule has 1 nitrogen and oxygen atoms in total. The fourth-order valence-electron chi connectivity index (χ4n) is 2.88. The van der Waals surface area contributed by atoms with Crippen molar-refractivity contribution in [3.63, 3.8) is 0 Å². The highest BCUT2D eigenvalue weighted by atomic mass is 32.2. The summed E-state index contributed by atoms with van der Waals surface area (Å²) in [5.74, 6) is 0.921. The van der Waals surface area contributed by atoms with Crippen LogP contribution in [0, 0.1) is 11.3 Å². The first-order valence-electron chi connectivity index (χ1n) is 6.81. The largest absolute Gasteiger partial charge is 0.313 e. The topological polar surface area (TPSA) is 12.0 Å². The molecule has 0 spiro atoms. The van der Waals surface area contributed by atoms with Gasteiger partial charge in [-0.1, -0.05) is 34.1 Å². The van der Waals surface area contributed by atoms with E-state index < -0.39 is 0 Å². The van der Waals surface area contributed by atoms with Crippen molar-refractivity contribution in [1.82, 2.24) is 5.32 Å². The Bertz CT molecular complexity index is 203. The minimum atomic E-state index is 0.533. The molecule has 0 aromatic rings. The van der Waals surface area contributed by atoms with Crippen molar-refractivity contribution < 1.29 is 0 Å². The molecule has 3 atom stereocenters. The van der Waals surface area contributed by atoms with Gasteiger partial charge in [0.25, 0.3) is 0 Å². The highest BCUT2D eigenvalue weighted by Crippen LogP contribution is 2.43. The summed E-state index contributed by atoms with van der Waals surface area (Å²) in [5, 5.41) is 4.48. The predicted octanol–water partition coefficient (Wildman–Crippen LogP) is 3.93. The van der Waals surface area contributed by atoms with Crippen LogP contribution in [-0.2, 0) is 0 Å². The minimum Gasteiger partial charge on any atom is -0.313 e. The van der Waals surface area contributed by atoms with E-state index in [0.717, 1.165) is 23.8 Å². The first kappa shape index (κ1) is 14.4. The van der Waals surface area contributed by atoms with E-state index in [1.54, 1.807) is 0 Å². The maximum Gasteiger partial charge on any atom is 0.0201 e. The lowest BCUT2D eigenvalue weighted by Crippen LogP contribution is -2.45. The van der Waals surface area contributed by atoms with Crippen LogP contribution in [0.15, 0.2) is 0 Å². The lowest BCUT2D eigenvalue weighted by molar-refractivity contribution is 0.141. The van der Waals surface area contributed by atoms with Gasteiger partial charge in [-0.15, -0.1) is 0 Å². The Labute approximate surface area is 106 Å². The second-order valence-electron chi connectivity index (χ2n) is 5.79. The highest BCUT2D eigenvalue weighted by molar-refractivity contribution is 7.99. The van der Waals surface area contributed by atoms with Crippen molar-refractivity contribution in [3.8, 4) is 0 Å². The smallest absolute Gasteiger partial charge is 0.0201 e. The number of rotatable bonds is 5. The van der Waals surface area contributed by atoms with Gasteiger partial charge < -0.3 is 5.32 Å². The second-order valence-corrected chi connectivity index (χ2v) is 6.87. The number of thioether (sulfide) groups is 1. The molecule has 96 valence electrons. The Kier molecular flexibility index (Phi) is 5.66. The van der Waals surface area contributed by atoms with Gasteiger partial charge in [0, 0.05) is 11.3 Å². The van der Waals surface area contributed by atoms with Crippen LogP contribution in [0.3, 0.4) is 0 Å². The molecular weight excluding hydrogens is 214 g/mol. The molecule has 0 saturated heterocycles. The van der Waals surface area contributed by atoms with E-state index >= 15 is 0 Å². The first-order valence-corrected chi connectivity index (χ1v) is 8.10. The molecule has 1 aliphatic rings. The molecule has 1 N–H and O–H groups in total. The summed E-state index contributed by atoms with van der Waals surface area (Å²) in [7, 11) is 0. The van der Waals surface area contributed by atoms with E-state index in [4.69, 9.17) is 0 Å². The third kappa shape index (κ3) is 3.40. The van der Waals surface area contributed by atoms with E-state index in [2.05, 4.69) is 51.0 Å². The molecule has 0 aromatic heterocycles. The summed E-state index contributed by atoms with van der Waals surface area (Å²) in [6.07, 6.45) is 7.77. The molecule has 0 heterocycles. The molecule has 1 aliphatic carbocycles. The third-order valence-electron chi connectivity index (χ3n) is 4.58. The Balaban J connectivity index is 2.58. The van der Waals surface area contributed by atoms with Gasteiger partial charge in [-0.25, -0.2) is 0 Å². The summed E-state index contributed by atoms with van der Waals surface area (Å²) in [6.45, 7) is 10.6. The van der Waals surface area contributed by atoms with Crippen molar-refractivity contribution in [3.05, 3.63) is 0 Å². The van der Waals surface area contributed by atoms with E-state index in [1.807, 2.05) is 0 Å². The SMILES string of the molecule is CCNC1CCC(C(C)(C)CC)CC1SC. The maximum absolute atomic E-state index is 3.65. The van der Waals surface area contributed by atoms with Crippen molar-refractivity contribution in [1.29, 1.82) is 0 Å². The Morgan fingerprint density at radius 1 is 1.25 bits per heavy atom. The molecule has 16 heavy (non-hydrogen) atoms. The highest BCUT2D eigenvalue weighted by Gasteiger charge is 2.36. The molecule has 0 radical (unpaired) electrons. The summed E-state index contributed by atoms with van der Waals surface area (Å²) < 4.78 is 0. The van der Waals surface area contributed by atoms with Crippen LogP contribution in [-0.4, -0.2) is 24.1 Å². The predicted molar refractivity (Wildman–Crippen MR) is 76.2 cm³/mol. The van der Waals surface area contributed by atoms with Crippen molar-refractivity contribution in [2.24, 2.45) is 11.3 Å². The second kappa shape index (κ2) is 6.30. The van der Waals surface area contributed by atoms with Crippen molar-refractivity contribution >= 4 is 11.8 Å². The third-order valence-corrected chi connectivity index (χ3v) is 5.70. The number of hydrogen-bond donors (Lipinski definition) is 1. The molecule has 3 unspecified atom stereocenters. The number of hydrogen-bond acceptors (Lipinski definition) is 2. The van der Waals surface area contributed by atoms with Crippen molar-refractivity contribution in [2.75, 3.05) is 12.8 Å². The summed E-state index contributed by atoms with van der Waals surface area (Å²) in [5.41, 5.74) is 0.533. The molecular formula is C14H29NS. The molecule has 0 aromatic carbocycles. The van der Waals surface area contributed by atoms with Crippen LogP contribution in [0.5, 0.6) is 0 Å². The first-order chi connectivity index (χ1) is 7.55. The van der Waals surface area contributed by atoms with E-state index in [1.165, 1.54) is 25.7 Å². The summed E-state index contributed by atoms with van der Waals surface area (Å²) in [4.78, 5) is 0. The summed E-state index contributed by atoms with van der Waals surface area (Å²) in [6, 6.07) is 0.754. The summed E-state index contributed by atoms with van der Waals surface area (Å²) >= 11 is 2.06. The Hall–Kier alpha value is 0.310. The normalized spacial score (nSPS) is 31.7. The van der Waals surface area contributed by atoms with Crippen LogP contribution >= 0.6 is 11.8 Å². The van der Waals surface area contributed by atoms with Gasteiger partial charge in [-0.05, 0) is 43.4 Å². The average molecular weight is 243 g/mol. The zero-order chi connectivity index (χ0) is 12.2. The van der Waals surface area contributed by atoms with Gasteiger partial charge in [0.05, 0.1) is 0 Å². The molecule has 1 fully saturated rings. The molecule has 1 rings (SSSR count). The molecule has 0 aliphatic heterocycles. The van der Waals surface area contributed by atoms with Gasteiger partial charge in [-0.2, -0.15) is 11.8 Å².